The number of ether oxygens (including phenoxy) is 1. The number of aromatic nitrogens is 1. The van der Waals surface area contributed by atoms with Crippen molar-refractivity contribution in [1.29, 1.82) is 0 Å². The van der Waals surface area contributed by atoms with Gasteiger partial charge in [0, 0.05) is 11.7 Å². The van der Waals surface area contributed by atoms with Crippen LogP contribution in [0.25, 0.3) is 0 Å². The fraction of sp³-hybridized carbons (Fsp3) is 0.688. The summed E-state index contributed by atoms with van der Waals surface area (Å²) in [5.74, 6) is 1.70. The summed E-state index contributed by atoms with van der Waals surface area (Å²) in [6, 6.07) is 2.20. The Hall–Kier alpha value is -1.09. The monoisotopic (exact) mass is 260 g/mol. The van der Waals surface area contributed by atoms with Crippen molar-refractivity contribution in [3.8, 4) is 5.75 Å². The molecule has 0 amide bonds. The predicted molar refractivity (Wildman–Crippen MR) is 76.3 cm³/mol. The van der Waals surface area contributed by atoms with E-state index in [4.69, 9.17) is 4.74 Å². The average Bonchev–Trinajstić information content (AvgIpc) is 3.26. The van der Waals surface area contributed by atoms with Crippen LogP contribution < -0.4 is 10.1 Å². The highest BCUT2D eigenvalue weighted by Gasteiger charge is 2.46. The van der Waals surface area contributed by atoms with Gasteiger partial charge < -0.3 is 10.1 Å². The van der Waals surface area contributed by atoms with Crippen molar-refractivity contribution in [1.82, 2.24) is 10.3 Å². The molecule has 2 heterocycles. The number of hydrogen-bond acceptors (Lipinski definition) is 3. The summed E-state index contributed by atoms with van der Waals surface area (Å²) in [4.78, 5) is 4.40. The van der Waals surface area contributed by atoms with Gasteiger partial charge in [0.2, 0.25) is 0 Å². The molecule has 1 N–H and O–H groups in total. The molecule has 104 valence electrons. The Morgan fingerprint density at radius 1 is 1.32 bits per heavy atom. The molecule has 19 heavy (non-hydrogen) atoms. The first kappa shape index (κ1) is 12.9. The second-order valence-corrected chi connectivity index (χ2v) is 5.83. The second kappa shape index (κ2) is 5.49. The quantitative estimate of drug-likeness (QED) is 0.902. The number of hydrogen-bond donors (Lipinski definition) is 1. The van der Waals surface area contributed by atoms with Gasteiger partial charge in [0.25, 0.3) is 0 Å². The largest absolute Gasteiger partial charge is 0.492 e. The average molecular weight is 260 g/mol. The molecule has 3 rings (SSSR count). The lowest BCUT2D eigenvalue weighted by Crippen LogP contribution is -2.44. The molecular weight excluding hydrogens is 236 g/mol. The van der Waals surface area contributed by atoms with Gasteiger partial charge in [-0.15, -0.1) is 0 Å². The fourth-order valence-corrected chi connectivity index (χ4v) is 3.42. The lowest BCUT2D eigenvalue weighted by Gasteiger charge is -2.34. The Kier molecular flexibility index (Phi) is 3.74. The molecule has 3 heteroatoms. The van der Waals surface area contributed by atoms with Crippen LogP contribution in [0.3, 0.4) is 0 Å². The number of rotatable bonds is 4. The van der Waals surface area contributed by atoms with Gasteiger partial charge in [-0.05, 0) is 56.7 Å². The molecule has 1 aromatic rings. The maximum Gasteiger partial charge on any atom is 0.137 e. The lowest BCUT2D eigenvalue weighted by molar-refractivity contribution is 0.275. The summed E-state index contributed by atoms with van der Waals surface area (Å²) in [6.07, 6.45) is 11.8. The van der Waals surface area contributed by atoms with Gasteiger partial charge in [0.1, 0.15) is 5.75 Å². The summed E-state index contributed by atoms with van der Waals surface area (Å²) in [5, 5.41) is 3.85. The molecule has 1 aliphatic carbocycles. The molecule has 2 fully saturated rings. The van der Waals surface area contributed by atoms with E-state index in [0.717, 1.165) is 18.2 Å². The van der Waals surface area contributed by atoms with Crippen molar-refractivity contribution < 1.29 is 4.74 Å². The molecule has 1 atom stereocenters. The molecule has 0 bridgehead atoms. The van der Waals surface area contributed by atoms with E-state index in [1.165, 1.54) is 44.1 Å². The maximum absolute atomic E-state index is 5.62. The SMILES string of the molecule is CCOc1cncc(C2(C3CC3)CCCCCN2)c1. The van der Waals surface area contributed by atoms with Crippen LogP contribution in [0.1, 0.15) is 51.0 Å². The molecular formula is C16H24N2O. The van der Waals surface area contributed by atoms with Crippen LogP contribution >= 0.6 is 0 Å². The second-order valence-electron chi connectivity index (χ2n) is 5.83. The van der Waals surface area contributed by atoms with E-state index < -0.39 is 0 Å². The van der Waals surface area contributed by atoms with Crippen molar-refractivity contribution >= 4 is 0 Å². The molecule has 1 aromatic heterocycles. The smallest absolute Gasteiger partial charge is 0.137 e. The van der Waals surface area contributed by atoms with Gasteiger partial charge in [-0.2, -0.15) is 0 Å². The van der Waals surface area contributed by atoms with Crippen LogP contribution in [-0.2, 0) is 5.54 Å². The summed E-state index contributed by atoms with van der Waals surface area (Å²) >= 11 is 0. The van der Waals surface area contributed by atoms with E-state index in [9.17, 15) is 0 Å². The topological polar surface area (TPSA) is 34.1 Å². The normalized spacial score (nSPS) is 27.8. The minimum Gasteiger partial charge on any atom is -0.492 e. The number of nitrogens with zero attached hydrogens (tertiary/aromatic N) is 1. The van der Waals surface area contributed by atoms with Gasteiger partial charge >= 0.3 is 0 Å². The van der Waals surface area contributed by atoms with Crippen LogP contribution in [-0.4, -0.2) is 18.1 Å². The minimum atomic E-state index is 0.163. The highest BCUT2D eigenvalue weighted by molar-refractivity contribution is 5.32. The van der Waals surface area contributed by atoms with Crippen LogP contribution in [0, 0.1) is 5.92 Å². The Bertz CT molecular complexity index is 421. The van der Waals surface area contributed by atoms with E-state index in [0.29, 0.717) is 6.61 Å². The Morgan fingerprint density at radius 2 is 2.21 bits per heavy atom. The van der Waals surface area contributed by atoms with Crippen LogP contribution in [0.15, 0.2) is 18.5 Å². The fourth-order valence-electron chi connectivity index (χ4n) is 3.42. The van der Waals surface area contributed by atoms with Crippen molar-refractivity contribution in [3.05, 3.63) is 24.0 Å². The molecule has 1 unspecified atom stereocenters. The maximum atomic E-state index is 5.62. The van der Waals surface area contributed by atoms with Crippen LogP contribution in [0.5, 0.6) is 5.75 Å². The van der Waals surface area contributed by atoms with E-state index in [-0.39, 0.29) is 5.54 Å². The minimum absolute atomic E-state index is 0.163. The third-order valence-electron chi connectivity index (χ3n) is 4.50. The molecule has 0 radical (unpaired) electrons. The molecule has 1 saturated carbocycles. The molecule has 1 aliphatic heterocycles. The Balaban J connectivity index is 1.92. The van der Waals surface area contributed by atoms with Crippen LogP contribution in [0.4, 0.5) is 0 Å². The zero-order valence-electron chi connectivity index (χ0n) is 11.8. The summed E-state index contributed by atoms with van der Waals surface area (Å²) in [7, 11) is 0. The summed E-state index contributed by atoms with van der Waals surface area (Å²) in [5.41, 5.74) is 1.50. The zero-order chi connectivity index (χ0) is 13.1. The van der Waals surface area contributed by atoms with Gasteiger partial charge in [-0.3, -0.25) is 4.98 Å². The van der Waals surface area contributed by atoms with Gasteiger partial charge in [-0.1, -0.05) is 12.8 Å². The predicted octanol–water partition coefficient (Wildman–Crippen LogP) is 3.25. The van der Waals surface area contributed by atoms with Gasteiger partial charge in [-0.25, -0.2) is 0 Å². The highest BCUT2D eigenvalue weighted by atomic mass is 16.5. The van der Waals surface area contributed by atoms with Crippen molar-refractivity contribution in [2.24, 2.45) is 5.92 Å². The van der Waals surface area contributed by atoms with Crippen molar-refractivity contribution in [3.63, 3.8) is 0 Å². The first-order chi connectivity index (χ1) is 9.35. The number of pyridine rings is 1. The third kappa shape index (κ3) is 2.62. The van der Waals surface area contributed by atoms with Crippen molar-refractivity contribution in [2.45, 2.75) is 51.0 Å². The molecule has 2 aliphatic rings. The van der Waals surface area contributed by atoms with E-state index in [1.54, 1.807) is 0 Å². The van der Waals surface area contributed by atoms with Gasteiger partial charge in [0.05, 0.1) is 12.8 Å². The van der Waals surface area contributed by atoms with E-state index in [2.05, 4.69) is 16.4 Å². The Labute approximate surface area is 115 Å². The molecule has 0 spiro atoms. The standard InChI is InChI=1S/C16H24N2O/c1-2-19-15-10-14(11-17-12-15)16(13-6-7-13)8-4-3-5-9-18-16/h10-13,18H,2-9H2,1H3. The van der Waals surface area contributed by atoms with Crippen molar-refractivity contribution in [2.75, 3.05) is 13.2 Å². The van der Waals surface area contributed by atoms with E-state index >= 15 is 0 Å². The zero-order valence-corrected chi connectivity index (χ0v) is 11.8. The molecule has 1 saturated heterocycles. The van der Waals surface area contributed by atoms with Crippen LogP contribution in [0.2, 0.25) is 0 Å². The summed E-state index contributed by atoms with van der Waals surface area (Å²) < 4.78 is 5.62. The first-order valence-corrected chi connectivity index (χ1v) is 7.68. The highest BCUT2D eigenvalue weighted by Crippen LogP contribution is 2.49. The number of nitrogens with one attached hydrogen (secondary N) is 1. The van der Waals surface area contributed by atoms with Gasteiger partial charge in [0.15, 0.2) is 0 Å². The third-order valence-corrected chi connectivity index (χ3v) is 4.50. The summed E-state index contributed by atoms with van der Waals surface area (Å²) in [6.45, 7) is 3.86. The Morgan fingerprint density at radius 3 is 3.00 bits per heavy atom. The molecule has 3 nitrogen and oxygen atoms in total. The lowest BCUT2D eigenvalue weighted by atomic mass is 9.82. The molecule has 0 aromatic carbocycles. The first-order valence-electron chi connectivity index (χ1n) is 7.68. The van der Waals surface area contributed by atoms with E-state index in [1.807, 2.05) is 19.3 Å².